The van der Waals surface area contributed by atoms with E-state index < -0.39 is 15.5 Å². The predicted molar refractivity (Wildman–Crippen MR) is 90.5 cm³/mol. The summed E-state index contributed by atoms with van der Waals surface area (Å²) in [6.07, 6.45) is 2.28. The minimum atomic E-state index is -3.44. The van der Waals surface area contributed by atoms with Gasteiger partial charge >= 0.3 is 45.5 Å². The van der Waals surface area contributed by atoms with Gasteiger partial charge in [0.25, 0.3) is 0 Å². The molecule has 24 heavy (non-hydrogen) atoms. The molecule has 0 fully saturated rings. The fourth-order valence-electron chi connectivity index (χ4n) is 0.774. The third-order valence-corrected chi connectivity index (χ3v) is 4.00. The van der Waals surface area contributed by atoms with Gasteiger partial charge in [-0.05, 0) is 27.7 Å². The van der Waals surface area contributed by atoms with Gasteiger partial charge in [-0.3, -0.25) is 13.6 Å². The zero-order valence-electron chi connectivity index (χ0n) is 16.4. The molecule has 0 unspecified atom stereocenters. The summed E-state index contributed by atoms with van der Waals surface area (Å²) < 4.78 is 39.5. The molecular weight excluding hydrogens is 344 g/mol. The first-order valence-electron chi connectivity index (χ1n) is 7.27. The Bertz CT molecular complexity index is 278. The molecule has 0 rings (SSSR count). The number of unbranched alkanes of at least 4 members (excludes halogenated alkanes) is 1. The molecular formula is C12H32Li2N2O6P2. The van der Waals surface area contributed by atoms with Gasteiger partial charge in [0.05, 0.1) is 26.4 Å². The molecule has 0 bridgehead atoms. The van der Waals surface area contributed by atoms with Crippen LogP contribution in [0.3, 0.4) is 0 Å². The van der Waals surface area contributed by atoms with Crippen LogP contribution in [0.15, 0.2) is 0 Å². The number of nitrogens with one attached hydrogen (secondary N) is 1. The molecule has 0 radical (unpaired) electrons. The van der Waals surface area contributed by atoms with E-state index in [1.165, 1.54) is 6.42 Å². The molecule has 138 valence electrons. The van der Waals surface area contributed by atoms with E-state index in [0.29, 0.717) is 13.2 Å². The average Bonchev–Trinajstić information content (AvgIpc) is 2.39. The average molecular weight is 376 g/mol. The van der Waals surface area contributed by atoms with Gasteiger partial charge < -0.3 is 21.5 Å². The van der Waals surface area contributed by atoms with Crippen molar-refractivity contribution >= 4 is 15.5 Å². The Morgan fingerprint density at radius 3 is 1.25 bits per heavy atom. The molecule has 0 aliphatic rings. The zero-order chi connectivity index (χ0) is 18.1. The molecule has 3 N–H and O–H groups in total. The molecule has 0 spiro atoms. The molecule has 0 aromatic rings. The van der Waals surface area contributed by atoms with Crippen molar-refractivity contribution in [3.8, 4) is 0 Å². The molecule has 0 aliphatic carbocycles. The van der Waals surface area contributed by atoms with E-state index in [2.05, 4.69) is 31.9 Å². The van der Waals surface area contributed by atoms with Crippen molar-refractivity contribution < 1.29 is 64.9 Å². The molecule has 8 nitrogen and oxygen atoms in total. The van der Waals surface area contributed by atoms with Crippen molar-refractivity contribution in [1.82, 2.24) is 0 Å². The Morgan fingerprint density at radius 1 is 0.833 bits per heavy atom. The summed E-state index contributed by atoms with van der Waals surface area (Å²) in [7, 11) is -6.64. The van der Waals surface area contributed by atoms with Crippen LogP contribution in [0.2, 0.25) is 0 Å². The largest absolute Gasteiger partial charge is 1.00 e. The monoisotopic (exact) mass is 376 g/mol. The van der Waals surface area contributed by atoms with Gasteiger partial charge in [0.15, 0.2) is 0 Å². The topological polar surface area (TPSA) is 121 Å². The molecule has 0 aromatic heterocycles. The predicted octanol–water partition coefficient (Wildman–Crippen LogP) is -1.03. The Kier molecular flexibility index (Phi) is 37.0. The molecule has 0 heterocycles. The summed E-state index contributed by atoms with van der Waals surface area (Å²) in [5.41, 5.74) is 11.9. The first-order chi connectivity index (χ1) is 10.2. The molecule has 0 atom stereocenters. The van der Waals surface area contributed by atoms with Crippen molar-refractivity contribution in [3.05, 3.63) is 12.4 Å². The van der Waals surface area contributed by atoms with E-state index in [9.17, 15) is 9.13 Å². The quantitative estimate of drug-likeness (QED) is 0.310. The Morgan fingerprint density at radius 2 is 1.08 bits per heavy atom. The van der Waals surface area contributed by atoms with Crippen LogP contribution in [0.1, 0.15) is 47.5 Å². The summed E-state index contributed by atoms with van der Waals surface area (Å²) in [4.78, 5) is 0. The second-order valence-corrected chi connectivity index (χ2v) is 6.67. The number of rotatable bonds is 9. The van der Waals surface area contributed by atoms with Gasteiger partial charge in [0.1, 0.15) is 0 Å². The maximum atomic E-state index is 10.7. The van der Waals surface area contributed by atoms with E-state index in [1.807, 2.05) is 0 Å². The number of hydrogen-bond acceptors (Lipinski definition) is 6. The Labute approximate surface area is 172 Å². The van der Waals surface area contributed by atoms with Gasteiger partial charge in [-0.25, -0.2) is 10.1 Å². The van der Waals surface area contributed by atoms with Crippen molar-refractivity contribution in [1.29, 1.82) is 0 Å². The maximum Gasteiger partial charge on any atom is 1.00 e. The normalized spacial score (nSPS) is 10.2. The van der Waals surface area contributed by atoms with E-state index in [4.69, 9.17) is 11.0 Å². The van der Waals surface area contributed by atoms with Crippen LogP contribution in [0.25, 0.3) is 5.50 Å². The van der Waals surface area contributed by atoms with Crippen LogP contribution < -0.4 is 43.2 Å². The van der Waals surface area contributed by atoms with Crippen molar-refractivity contribution in [3.63, 3.8) is 0 Å². The van der Waals surface area contributed by atoms with Crippen LogP contribution in [0, 0.1) is 6.92 Å². The summed E-state index contributed by atoms with van der Waals surface area (Å²) >= 11 is 0. The van der Waals surface area contributed by atoms with Gasteiger partial charge in [-0.1, -0.05) is 13.3 Å². The molecule has 0 aromatic carbocycles. The minimum Gasteiger partial charge on any atom is -0.571 e. The van der Waals surface area contributed by atoms with Crippen molar-refractivity contribution in [2.45, 2.75) is 47.5 Å². The minimum absolute atomic E-state index is 0. The second-order valence-electron chi connectivity index (χ2n) is 3.56. The van der Waals surface area contributed by atoms with Crippen LogP contribution in [0.5, 0.6) is 0 Å². The standard InChI is InChI=1S/C4H12NO3P.C4H11NO3P.C4H9.2Li/c2*1-3-7-9(5,6)8-4-2;1-3-4-2;;/h3-4H2,1-2H3,(H2,5,6);3-4H2,1-2H3,(H-,5,6);1,3-4H2,2H3;;/q;2*-1;2*+1. The van der Waals surface area contributed by atoms with E-state index in [-0.39, 0.29) is 50.9 Å². The molecule has 0 amide bonds. The van der Waals surface area contributed by atoms with Gasteiger partial charge in [-0.15, -0.1) is 0 Å². The molecule has 0 aliphatic heterocycles. The molecule has 0 saturated heterocycles. The summed E-state index contributed by atoms with van der Waals surface area (Å²) in [5, 5.41) is 0. The third-order valence-electron chi connectivity index (χ3n) is 1.57. The van der Waals surface area contributed by atoms with Crippen LogP contribution in [0.4, 0.5) is 0 Å². The van der Waals surface area contributed by atoms with E-state index in [1.54, 1.807) is 27.7 Å². The maximum absolute atomic E-state index is 10.7. The van der Waals surface area contributed by atoms with Crippen LogP contribution in [-0.2, 0) is 27.2 Å². The fourth-order valence-corrected chi connectivity index (χ4v) is 2.32. The van der Waals surface area contributed by atoms with Gasteiger partial charge in [0, 0.05) is 0 Å². The summed E-state index contributed by atoms with van der Waals surface area (Å²) in [6, 6.07) is 0. The van der Waals surface area contributed by atoms with Crippen LogP contribution >= 0.6 is 15.5 Å². The van der Waals surface area contributed by atoms with E-state index >= 15 is 0 Å². The molecule has 0 saturated carbocycles. The fraction of sp³-hybridized carbons (Fsp3) is 0.917. The van der Waals surface area contributed by atoms with Gasteiger partial charge in [0.2, 0.25) is 7.75 Å². The first-order valence-corrected chi connectivity index (χ1v) is 10.4. The SMILES string of the molecule is CCOP(N)(=O)OCC.CCOP([NH-])(=O)OCC.[CH2-]CCC.[Li+].[Li+]. The first kappa shape index (κ1) is 36.3. The third kappa shape index (κ3) is 34.7. The Hall–Kier alpha value is 1.41. The zero-order valence-corrected chi connectivity index (χ0v) is 18.2. The van der Waals surface area contributed by atoms with Gasteiger partial charge in [-0.2, -0.15) is 6.42 Å². The summed E-state index contributed by atoms with van der Waals surface area (Å²) in [5.74, 6) is 0. The smallest absolute Gasteiger partial charge is 0.571 e. The molecule has 12 heteroatoms. The number of hydrogen-bond donors (Lipinski definition) is 1. The summed E-state index contributed by atoms with van der Waals surface area (Å²) in [6.45, 7) is 13.6. The second kappa shape index (κ2) is 24.4. The van der Waals surface area contributed by atoms with Crippen molar-refractivity contribution in [2.75, 3.05) is 26.4 Å². The number of nitrogens with two attached hydrogens (primary N) is 1. The van der Waals surface area contributed by atoms with E-state index in [0.717, 1.165) is 6.42 Å². The van der Waals surface area contributed by atoms with Crippen molar-refractivity contribution in [2.24, 2.45) is 5.50 Å². The van der Waals surface area contributed by atoms with Crippen LogP contribution in [-0.4, -0.2) is 26.4 Å². The Balaban J connectivity index is -0.0000000771.